The summed E-state index contributed by atoms with van der Waals surface area (Å²) >= 11 is 0. The maximum atomic E-state index is 11.9. The molecule has 0 bridgehead atoms. The van der Waals surface area contributed by atoms with Crippen LogP contribution in [0.5, 0.6) is 0 Å². The van der Waals surface area contributed by atoms with Gasteiger partial charge >= 0.3 is 5.97 Å². The summed E-state index contributed by atoms with van der Waals surface area (Å²) < 4.78 is 0. The molecule has 1 saturated heterocycles. The van der Waals surface area contributed by atoms with Gasteiger partial charge in [-0.1, -0.05) is 0 Å². The summed E-state index contributed by atoms with van der Waals surface area (Å²) in [6.45, 7) is 2.48. The first-order valence-corrected chi connectivity index (χ1v) is 6.58. The largest absolute Gasteiger partial charge is 0.481 e. The molecule has 0 aromatic heterocycles. The van der Waals surface area contributed by atoms with Gasteiger partial charge in [0, 0.05) is 26.6 Å². The third-order valence-corrected chi connectivity index (χ3v) is 3.48. The van der Waals surface area contributed by atoms with Crippen molar-refractivity contribution in [1.29, 1.82) is 5.26 Å². The second-order valence-corrected chi connectivity index (χ2v) is 5.05. The van der Waals surface area contributed by atoms with Crippen LogP contribution in [0.3, 0.4) is 0 Å². The predicted octanol–water partition coefficient (Wildman–Crippen LogP) is 0.545. The number of nitriles is 1. The molecule has 1 atom stereocenters. The Morgan fingerprint density at radius 2 is 2.26 bits per heavy atom. The van der Waals surface area contributed by atoms with E-state index in [0.29, 0.717) is 31.8 Å². The maximum absolute atomic E-state index is 11.9. The standard InChI is InChI=1S/C13H21N3O3/c1-15(7-2-6-14)12(17)10-16-8-5-11(9-16)3-4-13(18)19/h11H,2-5,7-10H2,1H3,(H,18,19). The van der Waals surface area contributed by atoms with Crippen LogP contribution in [0.1, 0.15) is 25.7 Å². The fourth-order valence-corrected chi connectivity index (χ4v) is 2.27. The second kappa shape index (κ2) is 7.74. The molecule has 1 aliphatic rings. The normalized spacial score (nSPS) is 19.1. The minimum Gasteiger partial charge on any atom is -0.481 e. The minimum atomic E-state index is -0.759. The van der Waals surface area contributed by atoms with Crippen molar-refractivity contribution < 1.29 is 14.7 Å². The Morgan fingerprint density at radius 1 is 1.53 bits per heavy atom. The average Bonchev–Trinajstić information content (AvgIpc) is 2.81. The molecule has 0 spiro atoms. The van der Waals surface area contributed by atoms with Gasteiger partial charge < -0.3 is 10.0 Å². The zero-order valence-corrected chi connectivity index (χ0v) is 11.3. The molecule has 1 amide bonds. The van der Waals surface area contributed by atoms with Crippen molar-refractivity contribution in [2.45, 2.75) is 25.7 Å². The highest BCUT2D eigenvalue weighted by molar-refractivity contribution is 5.78. The number of hydrogen-bond donors (Lipinski definition) is 1. The van der Waals surface area contributed by atoms with Crippen molar-refractivity contribution >= 4 is 11.9 Å². The molecule has 1 heterocycles. The summed E-state index contributed by atoms with van der Waals surface area (Å²) in [4.78, 5) is 26.0. The van der Waals surface area contributed by atoms with Gasteiger partial charge in [0.15, 0.2) is 0 Å². The summed E-state index contributed by atoms with van der Waals surface area (Å²) in [5.41, 5.74) is 0. The Bertz CT molecular complexity index is 365. The number of likely N-dealkylation sites (N-methyl/N-ethyl adjacent to an activating group) is 1. The van der Waals surface area contributed by atoms with Gasteiger partial charge in [-0.3, -0.25) is 14.5 Å². The van der Waals surface area contributed by atoms with Crippen molar-refractivity contribution in [3.63, 3.8) is 0 Å². The van der Waals surface area contributed by atoms with Gasteiger partial charge in [0.25, 0.3) is 0 Å². The Kier molecular flexibility index (Phi) is 6.30. The van der Waals surface area contributed by atoms with E-state index in [1.807, 2.05) is 6.07 Å². The number of nitrogens with zero attached hydrogens (tertiary/aromatic N) is 3. The van der Waals surface area contributed by atoms with E-state index in [9.17, 15) is 9.59 Å². The van der Waals surface area contributed by atoms with Crippen LogP contribution in [-0.2, 0) is 9.59 Å². The van der Waals surface area contributed by atoms with Crippen molar-refractivity contribution in [1.82, 2.24) is 9.80 Å². The van der Waals surface area contributed by atoms with E-state index in [4.69, 9.17) is 10.4 Å². The number of rotatable bonds is 7. The van der Waals surface area contributed by atoms with E-state index >= 15 is 0 Å². The zero-order valence-electron chi connectivity index (χ0n) is 11.3. The highest BCUT2D eigenvalue weighted by atomic mass is 16.4. The summed E-state index contributed by atoms with van der Waals surface area (Å²) in [5.74, 6) is -0.354. The highest BCUT2D eigenvalue weighted by Crippen LogP contribution is 2.20. The van der Waals surface area contributed by atoms with Crippen LogP contribution in [0, 0.1) is 17.2 Å². The first kappa shape index (κ1) is 15.4. The molecule has 106 valence electrons. The lowest BCUT2D eigenvalue weighted by Gasteiger charge is -2.20. The van der Waals surface area contributed by atoms with Gasteiger partial charge in [-0.05, 0) is 25.3 Å². The van der Waals surface area contributed by atoms with E-state index in [1.54, 1.807) is 11.9 Å². The van der Waals surface area contributed by atoms with E-state index < -0.39 is 5.97 Å². The molecule has 0 aromatic carbocycles. The Morgan fingerprint density at radius 3 is 2.89 bits per heavy atom. The summed E-state index contributed by atoms with van der Waals surface area (Å²) in [6, 6.07) is 2.02. The number of amides is 1. The molecule has 1 fully saturated rings. The van der Waals surface area contributed by atoms with Crippen LogP contribution in [0.15, 0.2) is 0 Å². The quantitative estimate of drug-likeness (QED) is 0.728. The lowest BCUT2D eigenvalue weighted by molar-refractivity contribution is -0.137. The molecule has 0 aromatic rings. The van der Waals surface area contributed by atoms with Crippen LogP contribution >= 0.6 is 0 Å². The number of carbonyl (C=O) groups is 2. The molecule has 1 N–H and O–H groups in total. The van der Waals surface area contributed by atoms with Crippen LogP contribution < -0.4 is 0 Å². The van der Waals surface area contributed by atoms with Crippen LogP contribution in [0.2, 0.25) is 0 Å². The Balaban J connectivity index is 2.26. The van der Waals surface area contributed by atoms with Crippen LogP contribution in [-0.4, -0.2) is 60.0 Å². The molecule has 0 aliphatic carbocycles. The third-order valence-electron chi connectivity index (χ3n) is 3.48. The van der Waals surface area contributed by atoms with Crippen molar-refractivity contribution in [2.24, 2.45) is 5.92 Å². The van der Waals surface area contributed by atoms with E-state index in [0.717, 1.165) is 19.5 Å². The smallest absolute Gasteiger partial charge is 0.303 e. The molecule has 1 rings (SSSR count). The first-order chi connectivity index (χ1) is 9.02. The Hall–Kier alpha value is -1.61. The topological polar surface area (TPSA) is 84.6 Å². The number of carbonyl (C=O) groups excluding carboxylic acids is 1. The fraction of sp³-hybridized carbons (Fsp3) is 0.769. The zero-order chi connectivity index (χ0) is 14.3. The molecule has 0 saturated carbocycles. The van der Waals surface area contributed by atoms with Gasteiger partial charge in [-0.25, -0.2) is 0 Å². The predicted molar refractivity (Wildman–Crippen MR) is 69.3 cm³/mol. The highest BCUT2D eigenvalue weighted by Gasteiger charge is 2.25. The Labute approximate surface area is 113 Å². The molecular formula is C13H21N3O3. The third kappa shape index (κ3) is 5.71. The van der Waals surface area contributed by atoms with Crippen LogP contribution in [0.25, 0.3) is 0 Å². The number of carboxylic acid groups (broad SMARTS) is 1. The molecule has 1 unspecified atom stereocenters. The summed E-state index contributed by atoms with van der Waals surface area (Å²) in [5, 5.41) is 17.1. The molecule has 6 nitrogen and oxygen atoms in total. The minimum absolute atomic E-state index is 0.0223. The number of likely N-dealkylation sites (tertiary alicyclic amines) is 1. The molecule has 6 heteroatoms. The molecule has 19 heavy (non-hydrogen) atoms. The number of carboxylic acids is 1. The molecule has 1 aliphatic heterocycles. The van der Waals surface area contributed by atoms with Gasteiger partial charge in [-0.2, -0.15) is 5.26 Å². The second-order valence-electron chi connectivity index (χ2n) is 5.05. The van der Waals surface area contributed by atoms with Gasteiger partial charge in [0.1, 0.15) is 0 Å². The number of aliphatic carboxylic acids is 1. The first-order valence-electron chi connectivity index (χ1n) is 6.58. The molecule has 0 radical (unpaired) electrons. The van der Waals surface area contributed by atoms with Crippen molar-refractivity contribution in [3.8, 4) is 6.07 Å². The van der Waals surface area contributed by atoms with E-state index in [-0.39, 0.29) is 12.3 Å². The summed E-state index contributed by atoms with van der Waals surface area (Å²) in [6.07, 6.45) is 2.20. The van der Waals surface area contributed by atoms with E-state index in [2.05, 4.69) is 4.90 Å². The summed E-state index contributed by atoms with van der Waals surface area (Å²) in [7, 11) is 1.71. The van der Waals surface area contributed by atoms with Gasteiger partial charge in [0.2, 0.25) is 5.91 Å². The van der Waals surface area contributed by atoms with Crippen molar-refractivity contribution in [3.05, 3.63) is 0 Å². The van der Waals surface area contributed by atoms with Crippen LogP contribution in [0.4, 0.5) is 0 Å². The van der Waals surface area contributed by atoms with Gasteiger partial charge in [-0.15, -0.1) is 0 Å². The average molecular weight is 267 g/mol. The fourth-order valence-electron chi connectivity index (χ4n) is 2.27. The SMILES string of the molecule is CN(CCC#N)C(=O)CN1CCC(CCC(=O)O)C1. The lowest BCUT2D eigenvalue weighted by Crippen LogP contribution is -2.37. The lowest BCUT2D eigenvalue weighted by atomic mass is 10.0. The monoisotopic (exact) mass is 267 g/mol. The van der Waals surface area contributed by atoms with Crippen molar-refractivity contribution in [2.75, 3.05) is 33.2 Å². The molecular weight excluding hydrogens is 246 g/mol. The van der Waals surface area contributed by atoms with Gasteiger partial charge in [0.05, 0.1) is 19.0 Å². The number of hydrogen-bond acceptors (Lipinski definition) is 4. The maximum Gasteiger partial charge on any atom is 0.303 e. The van der Waals surface area contributed by atoms with E-state index in [1.165, 1.54) is 0 Å².